The molecule has 0 aliphatic heterocycles. The number of aromatic nitrogens is 5. The SMILES string of the molecule is Cc1nn(-c2ccccc2)c(Cl)c1/C=N/n1c(=S)[nH]nc(C)c1=O. The molecule has 3 rings (SSSR count). The maximum Gasteiger partial charge on any atom is 0.296 e. The summed E-state index contributed by atoms with van der Waals surface area (Å²) in [5.41, 5.74) is 2.00. The molecule has 0 aliphatic rings. The van der Waals surface area contributed by atoms with Gasteiger partial charge >= 0.3 is 0 Å². The second kappa shape index (κ2) is 6.50. The molecule has 9 heteroatoms. The van der Waals surface area contributed by atoms with Gasteiger partial charge in [-0.1, -0.05) is 29.8 Å². The van der Waals surface area contributed by atoms with Gasteiger partial charge in [0.05, 0.1) is 23.2 Å². The molecule has 0 spiro atoms. The largest absolute Gasteiger partial charge is 0.296 e. The number of aryl methyl sites for hydroxylation is 2. The second-order valence-corrected chi connectivity index (χ2v) is 5.76. The normalized spacial score (nSPS) is 11.3. The quantitative estimate of drug-likeness (QED) is 0.575. The Morgan fingerprint density at radius 1 is 1.25 bits per heavy atom. The lowest BCUT2D eigenvalue weighted by molar-refractivity contribution is 0.720. The Hall–Kier alpha value is -2.58. The molecular weight excluding hydrogens is 348 g/mol. The Balaban J connectivity index is 2.07. The van der Waals surface area contributed by atoms with E-state index in [1.54, 1.807) is 11.6 Å². The first-order chi connectivity index (χ1) is 11.5. The molecule has 0 atom stereocenters. The Bertz CT molecular complexity index is 1030. The van der Waals surface area contributed by atoms with Crippen LogP contribution in [0, 0.1) is 18.6 Å². The summed E-state index contributed by atoms with van der Waals surface area (Å²) in [6, 6.07) is 9.50. The average molecular weight is 361 g/mol. The van der Waals surface area contributed by atoms with Crippen molar-refractivity contribution in [2.24, 2.45) is 5.10 Å². The Morgan fingerprint density at radius 3 is 2.67 bits per heavy atom. The van der Waals surface area contributed by atoms with Gasteiger partial charge in [-0.2, -0.15) is 20.0 Å². The fraction of sp³-hybridized carbons (Fsp3) is 0.133. The van der Waals surface area contributed by atoms with Gasteiger partial charge in [-0.15, -0.1) is 0 Å². The number of hydrogen-bond acceptors (Lipinski definition) is 5. The number of nitrogens with one attached hydrogen (secondary N) is 1. The fourth-order valence-corrected chi connectivity index (χ4v) is 2.59. The Labute approximate surface area is 147 Å². The first-order valence-electron chi connectivity index (χ1n) is 7.02. The van der Waals surface area contributed by atoms with Crippen LogP contribution in [-0.4, -0.2) is 30.9 Å². The molecule has 0 saturated carbocycles. The van der Waals surface area contributed by atoms with Gasteiger partial charge in [0.2, 0.25) is 4.77 Å². The molecule has 24 heavy (non-hydrogen) atoms. The van der Waals surface area contributed by atoms with E-state index in [-0.39, 0.29) is 16.0 Å². The third-order valence-corrected chi connectivity index (χ3v) is 3.99. The van der Waals surface area contributed by atoms with E-state index in [1.165, 1.54) is 6.21 Å². The predicted molar refractivity (Wildman–Crippen MR) is 94.7 cm³/mol. The highest BCUT2D eigenvalue weighted by Gasteiger charge is 2.13. The van der Waals surface area contributed by atoms with Crippen molar-refractivity contribution in [2.75, 3.05) is 0 Å². The zero-order valence-electron chi connectivity index (χ0n) is 12.9. The van der Waals surface area contributed by atoms with Gasteiger partial charge in [-0.3, -0.25) is 9.89 Å². The summed E-state index contributed by atoms with van der Waals surface area (Å²) >= 11 is 11.5. The minimum atomic E-state index is -0.390. The molecule has 0 aliphatic carbocycles. The van der Waals surface area contributed by atoms with Gasteiger partial charge in [-0.05, 0) is 38.2 Å². The molecule has 1 aromatic carbocycles. The lowest BCUT2D eigenvalue weighted by Crippen LogP contribution is -2.22. The molecule has 0 unspecified atom stereocenters. The van der Waals surface area contributed by atoms with E-state index in [0.29, 0.717) is 16.4 Å². The van der Waals surface area contributed by atoms with Crippen LogP contribution >= 0.6 is 23.8 Å². The van der Waals surface area contributed by atoms with Gasteiger partial charge in [-0.25, -0.2) is 4.68 Å². The maximum absolute atomic E-state index is 12.1. The molecule has 1 N–H and O–H groups in total. The number of aromatic amines is 1. The van der Waals surface area contributed by atoms with Crippen LogP contribution in [0.4, 0.5) is 0 Å². The first-order valence-corrected chi connectivity index (χ1v) is 7.81. The van der Waals surface area contributed by atoms with E-state index in [9.17, 15) is 4.79 Å². The summed E-state index contributed by atoms with van der Waals surface area (Å²) in [7, 11) is 0. The topological polar surface area (TPSA) is 80.9 Å². The lowest BCUT2D eigenvalue weighted by atomic mass is 10.3. The van der Waals surface area contributed by atoms with Crippen LogP contribution in [0.2, 0.25) is 5.15 Å². The van der Waals surface area contributed by atoms with Crippen molar-refractivity contribution in [1.29, 1.82) is 0 Å². The third-order valence-electron chi connectivity index (χ3n) is 3.36. The molecule has 2 aromatic heterocycles. The summed E-state index contributed by atoms with van der Waals surface area (Å²) in [5.74, 6) is 0. The smallest absolute Gasteiger partial charge is 0.265 e. The highest BCUT2D eigenvalue weighted by molar-refractivity contribution is 7.71. The summed E-state index contributed by atoms with van der Waals surface area (Å²) in [4.78, 5) is 12.1. The molecule has 2 heterocycles. The molecule has 0 radical (unpaired) electrons. The lowest BCUT2D eigenvalue weighted by Gasteiger charge is -2.02. The van der Waals surface area contributed by atoms with Crippen LogP contribution in [-0.2, 0) is 0 Å². The standard InChI is InChI=1S/C15H13ClN6OS/c1-9-12(8-17-22-14(23)10(2)18-19-15(22)24)13(16)21(20-9)11-6-4-3-5-7-11/h3-8H,1-2H3,(H,19,24)/b17-8+. The number of benzene rings is 1. The monoisotopic (exact) mass is 360 g/mol. The molecule has 7 nitrogen and oxygen atoms in total. The van der Waals surface area contributed by atoms with Crippen molar-refractivity contribution in [2.45, 2.75) is 13.8 Å². The fourth-order valence-electron chi connectivity index (χ4n) is 2.09. The molecule has 0 amide bonds. The van der Waals surface area contributed by atoms with Crippen molar-refractivity contribution in [3.05, 3.63) is 67.6 Å². The number of para-hydroxylation sites is 1. The van der Waals surface area contributed by atoms with Crippen LogP contribution in [0.25, 0.3) is 5.69 Å². The molecule has 0 saturated heterocycles. The van der Waals surface area contributed by atoms with Crippen LogP contribution in [0.15, 0.2) is 40.2 Å². The highest BCUT2D eigenvalue weighted by Crippen LogP contribution is 2.21. The maximum atomic E-state index is 12.1. The summed E-state index contributed by atoms with van der Waals surface area (Å²) in [6.07, 6.45) is 1.47. The van der Waals surface area contributed by atoms with E-state index in [0.717, 1.165) is 10.4 Å². The van der Waals surface area contributed by atoms with Crippen molar-refractivity contribution in [1.82, 2.24) is 24.7 Å². The number of H-pyrrole nitrogens is 1. The van der Waals surface area contributed by atoms with Gasteiger partial charge in [0.15, 0.2) is 0 Å². The highest BCUT2D eigenvalue weighted by atomic mass is 35.5. The van der Waals surface area contributed by atoms with Crippen molar-refractivity contribution in [3.8, 4) is 5.69 Å². The minimum Gasteiger partial charge on any atom is -0.265 e. The number of rotatable bonds is 3. The average Bonchev–Trinajstić information content (AvgIpc) is 2.87. The molecule has 0 fully saturated rings. The second-order valence-electron chi connectivity index (χ2n) is 5.01. The van der Waals surface area contributed by atoms with E-state index in [1.807, 2.05) is 37.3 Å². The Kier molecular flexibility index (Phi) is 4.41. The third kappa shape index (κ3) is 2.93. The van der Waals surface area contributed by atoms with E-state index < -0.39 is 0 Å². The molecular formula is C15H13ClN6OS. The first kappa shape index (κ1) is 16.3. The van der Waals surface area contributed by atoms with Gasteiger partial charge in [0, 0.05) is 0 Å². The summed E-state index contributed by atoms with van der Waals surface area (Å²) in [5, 5.41) is 15.3. The van der Waals surface area contributed by atoms with Crippen LogP contribution in [0.1, 0.15) is 17.0 Å². The predicted octanol–water partition coefficient (Wildman–Crippen LogP) is 2.64. The van der Waals surface area contributed by atoms with Crippen LogP contribution in [0.5, 0.6) is 0 Å². The Morgan fingerprint density at radius 2 is 1.96 bits per heavy atom. The van der Waals surface area contributed by atoms with Crippen LogP contribution < -0.4 is 5.56 Å². The van der Waals surface area contributed by atoms with Gasteiger partial charge < -0.3 is 0 Å². The number of hydrogen-bond donors (Lipinski definition) is 1. The van der Waals surface area contributed by atoms with Gasteiger partial charge in [0.1, 0.15) is 10.8 Å². The summed E-state index contributed by atoms with van der Waals surface area (Å²) < 4.78 is 2.78. The van der Waals surface area contributed by atoms with E-state index >= 15 is 0 Å². The molecule has 3 aromatic rings. The summed E-state index contributed by atoms with van der Waals surface area (Å²) in [6.45, 7) is 3.39. The van der Waals surface area contributed by atoms with Crippen molar-refractivity contribution in [3.63, 3.8) is 0 Å². The minimum absolute atomic E-state index is 0.103. The van der Waals surface area contributed by atoms with Crippen LogP contribution in [0.3, 0.4) is 0 Å². The molecule has 122 valence electrons. The van der Waals surface area contributed by atoms with Gasteiger partial charge in [0.25, 0.3) is 5.56 Å². The number of nitrogens with zero attached hydrogens (tertiary/aromatic N) is 5. The van der Waals surface area contributed by atoms with Crippen molar-refractivity contribution < 1.29 is 0 Å². The molecule has 0 bridgehead atoms. The zero-order valence-corrected chi connectivity index (χ0v) is 14.5. The van der Waals surface area contributed by atoms with E-state index in [2.05, 4.69) is 20.4 Å². The number of halogens is 1. The zero-order chi connectivity index (χ0) is 17.3. The van der Waals surface area contributed by atoms with Crippen molar-refractivity contribution >= 4 is 30.0 Å². The van der Waals surface area contributed by atoms with E-state index in [4.69, 9.17) is 23.8 Å².